The maximum atomic E-state index is 4.55. The van der Waals surface area contributed by atoms with Gasteiger partial charge in [0.15, 0.2) is 0 Å². The number of rotatable bonds is 1. The van der Waals surface area contributed by atoms with Crippen LogP contribution < -0.4 is 0 Å². The highest BCUT2D eigenvalue weighted by Crippen LogP contribution is 2.30. The molecule has 0 saturated carbocycles. The summed E-state index contributed by atoms with van der Waals surface area (Å²) < 4.78 is 3.53. The van der Waals surface area contributed by atoms with Gasteiger partial charge in [0.1, 0.15) is 10.7 Å². The minimum absolute atomic E-state index is 1.02. The van der Waals surface area contributed by atoms with Gasteiger partial charge in [0.25, 0.3) is 0 Å². The molecule has 0 aliphatic heterocycles. The van der Waals surface area contributed by atoms with E-state index in [2.05, 4.69) is 45.8 Å². The molecule has 0 amide bonds. The summed E-state index contributed by atoms with van der Waals surface area (Å²) in [4.78, 5) is 5.74. The molecular formula is C15H10N2S. The van der Waals surface area contributed by atoms with Crippen LogP contribution in [-0.4, -0.2) is 9.38 Å². The molecule has 0 bridgehead atoms. The van der Waals surface area contributed by atoms with Crippen LogP contribution in [0.15, 0.2) is 60.8 Å². The van der Waals surface area contributed by atoms with Crippen molar-refractivity contribution in [3.8, 4) is 11.4 Å². The van der Waals surface area contributed by atoms with Gasteiger partial charge in [-0.15, -0.1) is 11.3 Å². The molecule has 4 rings (SSSR count). The number of hydrogen-bond donors (Lipinski definition) is 0. The lowest BCUT2D eigenvalue weighted by Crippen LogP contribution is -1.87. The molecule has 18 heavy (non-hydrogen) atoms. The molecule has 0 unspecified atom stereocenters. The third-order valence-corrected chi connectivity index (χ3v) is 4.14. The van der Waals surface area contributed by atoms with Gasteiger partial charge in [-0.2, -0.15) is 0 Å². The first-order valence-corrected chi connectivity index (χ1v) is 6.65. The van der Waals surface area contributed by atoms with Gasteiger partial charge in [-0.3, -0.25) is 4.40 Å². The monoisotopic (exact) mass is 250 g/mol. The summed E-state index contributed by atoms with van der Waals surface area (Å²) in [5.74, 6) is 1.02. The quantitative estimate of drug-likeness (QED) is 0.494. The van der Waals surface area contributed by atoms with Crippen molar-refractivity contribution in [2.24, 2.45) is 0 Å². The van der Waals surface area contributed by atoms with E-state index in [1.807, 2.05) is 24.4 Å². The van der Waals surface area contributed by atoms with Gasteiger partial charge in [-0.1, -0.05) is 42.5 Å². The fourth-order valence-electron chi connectivity index (χ4n) is 2.27. The van der Waals surface area contributed by atoms with Gasteiger partial charge in [0.2, 0.25) is 0 Å². The Morgan fingerprint density at radius 1 is 0.889 bits per heavy atom. The summed E-state index contributed by atoms with van der Waals surface area (Å²) in [6.07, 6.45) is 1.95. The van der Waals surface area contributed by atoms with Crippen molar-refractivity contribution in [1.29, 1.82) is 0 Å². The molecule has 2 aromatic heterocycles. The van der Waals surface area contributed by atoms with Gasteiger partial charge in [0.05, 0.1) is 16.4 Å². The molecular weight excluding hydrogens is 240 g/mol. The summed E-state index contributed by atoms with van der Waals surface area (Å²) in [7, 11) is 0. The zero-order valence-corrected chi connectivity index (χ0v) is 10.4. The predicted molar refractivity (Wildman–Crippen MR) is 76.0 cm³/mol. The number of para-hydroxylation sites is 1. The summed E-state index contributed by atoms with van der Waals surface area (Å²) >= 11 is 1.78. The van der Waals surface area contributed by atoms with Crippen molar-refractivity contribution in [2.75, 3.05) is 0 Å². The van der Waals surface area contributed by atoms with E-state index in [-0.39, 0.29) is 0 Å². The third-order valence-electron chi connectivity index (χ3n) is 3.08. The molecule has 0 atom stereocenters. The van der Waals surface area contributed by atoms with Crippen LogP contribution in [0.25, 0.3) is 26.4 Å². The number of imidazole rings is 1. The van der Waals surface area contributed by atoms with Crippen molar-refractivity contribution in [3.63, 3.8) is 0 Å². The molecule has 0 spiro atoms. The first-order chi connectivity index (χ1) is 8.93. The summed E-state index contributed by atoms with van der Waals surface area (Å²) in [5.41, 5.74) is 2.38. The molecule has 86 valence electrons. The molecule has 0 saturated heterocycles. The first-order valence-electron chi connectivity index (χ1n) is 5.84. The molecule has 0 aliphatic rings. The highest BCUT2D eigenvalue weighted by molar-refractivity contribution is 7.23. The minimum atomic E-state index is 1.02. The second-order valence-corrected chi connectivity index (χ2v) is 5.25. The van der Waals surface area contributed by atoms with E-state index in [9.17, 15) is 0 Å². The normalized spacial score (nSPS) is 11.3. The zero-order chi connectivity index (χ0) is 11.9. The fraction of sp³-hybridized carbons (Fsp3) is 0. The van der Waals surface area contributed by atoms with Crippen molar-refractivity contribution in [3.05, 3.63) is 60.8 Å². The van der Waals surface area contributed by atoms with Crippen LogP contribution in [0.4, 0.5) is 0 Å². The third kappa shape index (κ3) is 1.31. The number of thiazole rings is 1. The molecule has 4 aromatic rings. The molecule has 0 fully saturated rings. The van der Waals surface area contributed by atoms with Gasteiger partial charge >= 0.3 is 0 Å². The van der Waals surface area contributed by atoms with Gasteiger partial charge in [-0.25, -0.2) is 4.98 Å². The highest BCUT2D eigenvalue weighted by atomic mass is 32.1. The van der Waals surface area contributed by atoms with Gasteiger partial charge in [-0.05, 0) is 12.1 Å². The van der Waals surface area contributed by atoms with Gasteiger partial charge < -0.3 is 0 Å². The number of fused-ring (bicyclic) bond motifs is 3. The molecule has 0 radical (unpaired) electrons. The first kappa shape index (κ1) is 9.85. The molecule has 0 N–H and O–H groups in total. The van der Waals surface area contributed by atoms with Crippen LogP contribution in [-0.2, 0) is 0 Å². The Hall–Kier alpha value is -2.13. The second kappa shape index (κ2) is 3.68. The van der Waals surface area contributed by atoms with E-state index in [0.717, 1.165) is 11.4 Å². The minimum Gasteiger partial charge on any atom is -0.283 e. The Morgan fingerprint density at radius 3 is 2.56 bits per heavy atom. The van der Waals surface area contributed by atoms with Gasteiger partial charge in [0, 0.05) is 5.56 Å². The molecule has 2 heterocycles. The van der Waals surface area contributed by atoms with E-state index in [1.54, 1.807) is 11.3 Å². The van der Waals surface area contributed by atoms with Crippen LogP contribution in [0.2, 0.25) is 0 Å². The molecule has 3 heteroatoms. The summed E-state index contributed by atoms with van der Waals surface area (Å²) in [6.45, 7) is 0. The smallest absolute Gasteiger partial charge is 0.145 e. The lowest BCUT2D eigenvalue weighted by Gasteiger charge is -1.99. The maximum absolute atomic E-state index is 4.55. The molecule has 0 aliphatic carbocycles. The average Bonchev–Trinajstić information content (AvgIpc) is 2.98. The number of nitrogens with zero attached hydrogens (tertiary/aromatic N) is 2. The molecule has 2 nitrogen and oxygen atoms in total. The number of aromatic nitrogens is 2. The van der Waals surface area contributed by atoms with E-state index < -0.39 is 0 Å². The zero-order valence-electron chi connectivity index (χ0n) is 9.58. The van der Waals surface area contributed by atoms with E-state index in [0.29, 0.717) is 0 Å². The van der Waals surface area contributed by atoms with Crippen LogP contribution in [0.3, 0.4) is 0 Å². The van der Waals surface area contributed by atoms with Crippen molar-refractivity contribution in [2.45, 2.75) is 0 Å². The van der Waals surface area contributed by atoms with Crippen molar-refractivity contribution < 1.29 is 0 Å². The van der Waals surface area contributed by atoms with E-state index >= 15 is 0 Å². The SMILES string of the molecule is c1ccc(-c2ncc3sc4ccccc4n23)cc1. The summed E-state index contributed by atoms with van der Waals surface area (Å²) in [6, 6.07) is 18.8. The Kier molecular flexibility index (Phi) is 2.02. The summed E-state index contributed by atoms with van der Waals surface area (Å²) in [5, 5.41) is 0. The second-order valence-electron chi connectivity index (χ2n) is 4.19. The average molecular weight is 250 g/mol. The lowest BCUT2D eigenvalue weighted by atomic mass is 10.2. The van der Waals surface area contributed by atoms with Crippen molar-refractivity contribution in [1.82, 2.24) is 9.38 Å². The number of benzene rings is 2. The van der Waals surface area contributed by atoms with Crippen LogP contribution >= 0.6 is 11.3 Å². The highest BCUT2D eigenvalue weighted by Gasteiger charge is 2.11. The predicted octanol–water partition coefficient (Wildman–Crippen LogP) is 4.22. The van der Waals surface area contributed by atoms with Crippen LogP contribution in [0, 0.1) is 0 Å². The maximum Gasteiger partial charge on any atom is 0.145 e. The van der Waals surface area contributed by atoms with Crippen LogP contribution in [0.1, 0.15) is 0 Å². The Morgan fingerprint density at radius 2 is 1.67 bits per heavy atom. The Labute approximate surface area is 108 Å². The number of hydrogen-bond acceptors (Lipinski definition) is 2. The standard InChI is InChI=1S/C15H10N2S/c1-2-6-11(7-3-1)15-16-10-14-17(15)12-8-4-5-9-13(12)18-14/h1-10H. The van der Waals surface area contributed by atoms with Crippen molar-refractivity contribution >= 4 is 26.4 Å². The molecule has 2 aromatic carbocycles. The largest absolute Gasteiger partial charge is 0.283 e. The Balaban J connectivity index is 2.13. The fourth-order valence-corrected chi connectivity index (χ4v) is 3.29. The van der Waals surface area contributed by atoms with E-state index in [4.69, 9.17) is 0 Å². The van der Waals surface area contributed by atoms with E-state index in [1.165, 1.54) is 15.0 Å². The topological polar surface area (TPSA) is 17.3 Å². The lowest BCUT2D eigenvalue weighted by molar-refractivity contribution is 1.23. The Bertz CT molecular complexity index is 827. The van der Waals surface area contributed by atoms with Crippen LogP contribution in [0.5, 0.6) is 0 Å².